The van der Waals surface area contributed by atoms with Crippen molar-refractivity contribution in [2.75, 3.05) is 24.7 Å². The van der Waals surface area contributed by atoms with Gasteiger partial charge in [-0.15, -0.1) is 0 Å². The number of nitro benzene ring substituents is 1. The van der Waals surface area contributed by atoms with Gasteiger partial charge in [0.25, 0.3) is 11.6 Å². The van der Waals surface area contributed by atoms with Crippen LogP contribution in [0.4, 0.5) is 11.4 Å². The van der Waals surface area contributed by atoms with Crippen LogP contribution in [0.5, 0.6) is 0 Å². The molecule has 30 heavy (non-hydrogen) atoms. The summed E-state index contributed by atoms with van der Waals surface area (Å²) in [6.07, 6.45) is 4.03. The number of nitrogens with zero attached hydrogens (tertiary/aromatic N) is 3. The van der Waals surface area contributed by atoms with Gasteiger partial charge in [-0.05, 0) is 24.3 Å². The van der Waals surface area contributed by atoms with Crippen molar-refractivity contribution in [1.29, 1.82) is 0 Å². The molecule has 10 nitrogen and oxygen atoms in total. The molecule has 0 aliphatic heterocycles. The Morgan fingerprint density at radius 3 is 2.57 bits per heavy atom. The SMILES string of the molecule is CS(=O)(=O)c1ccc(NCCNC(=O)c2cnn(-c3ccccc3)c2)c([N+](=O)[O-])c1. The van der Waals surface area contributed by atoms with E-state index in [2.05, 4.69) is 15.7 Å². The summed E-state index contributed by atoms with van der Waals surface area (Å²) in [6.45, 7) is 0.401. The first kappa shape index (κ1) is 21.0. The molecule has 0 atom stereocenters. The number of carbonyl (C=O) groups excluding carboxylic acids is 1. The van der Waals surface area contributed by atoms with Gasteiger partial charge in [-0.2, -0.15) is 5.10 Å². The zero-order chi connectivity index (χ0) is 21.7. The van der Waals surface area contributed by atoms with Gasteiger partial charge in [0.1, 0.15) is 5.69 Å². The molecule has 3 aromatic rings. The second-order valence-corrected chi connectivity index (χ2v) is 8.42. The fourth-order valence-electron chi connectivity index (χ4n) is 2.68. The number of benzene rings is 2. The van der Waals surface area contributed by atoms with Crippen LogP contribution in [0.25, 0.3) is 5.69 Å². The number of rotatable bonds is 8. The van der Waals surface area contributed by atoms with Gasteiger partial charge in [-0.3, -0.25) is 14.9 Å². The maximum absolute atomic E-state index is 12.3. The second kappa shape index (κ2) is 8.74. The maximum Gasteiger partial charge on any atom is 0.293 e. The number of aromatic nitrogens is 2. The summed E-state index contributed by atoms with van der Waals surface area (Å²) >= 11 is 0. The Labute approximate surface area is 172 Å². The molecule has 1 heterocycles. The van der Waals surface area contributed by atoms with Crippen LogP contribution in [-0.2, 0) is 9.84 Å². The fraction of sp³-hybridized carbons (Fsp3) is 0.158. The molecule has 0 radical (unpaired) electrons. The molecular formula is C19H19N5O5S. The third-order valence-electron chi connectivity index (χ3n) is 4.19. The molecule has 0 saturated heterocycles. The first-order chi connectivity index (χ1) is 14.3. The van der Waals surface area contributed by atoms with Crippen LogP contribution in [0, 0.1) is 10.1 Å². The van der Waals surface area contributed by atoms with Crippen molar-refractivity contribution in [1.82, 2.24) is 15.1 Å². The highest BCUT2D eigenvalue weighted by Crippen LogP contribution is 2.27. The van der Waals surface area contributed by atoms with Crippen LogP contribution in [0.15, 0.2) is 65.8 Å². The lowest BCUT2D eigenvalue weighted by Gasteiger charge is -2.09. The Morgan fingerprint density at radius 1 is 1.17 bits per heavy atom. The van der Waals surface area contributed by atoms with Gasteiger partial charge >= 0.3 is 0 Å². The molecule has 2 aromatic carbocycles. The third kappa shape index (κ3) is 5.00. The van der Waals surface area contributed by atoms with Crippen molar-refractivity contribution < 1.29 is 18.1 Å². The molecule has 1 aromatic heterocycles. The Kier molecular flexibility index (Phi) is 6.11. The topological polar surface area (TPSA) is 136 Å². The van der Waals surface area contributed by atoms with Gasteiger partial charge in [-0.25, -0.2) is 13.1 Å². The molecule has 0 spiro atoms. The van der Waals surface area contributed by atoms with Gasteiger partial charge in [0.05, 0.1) is 27.3 Å². The lowest BCUT2D eigenvalue weighted by Crippen LogP contribution is -2.28. The summed E-state index contributed by atoms with van der Waals surface area (Å²) in [4.78, 5) is 22.7. The number of nitro groups is 1. The number of sulfone groups is 1. The number of anilines is 1. The van der Waals surface area contributed by atoms with Crippen LogP contribution in [0.3, 0.4) is 0 Å². The van der Waals surface area contributed by atoms with Gasteiger partial charge in [0, 0.05) is 31.6 Å². The molecule has 1 amide bonds. The van der Waals surface area contributed by atoms with E-state index in [1.807, 2.05) is 30.3 Å². The largest absolute Gasteiger partial charge is 0.378 e. The van der Waals surface area contributed by atoms with Crippen molar-refractivity contribution in [2.45, 2.75) is 4.90 Å². The third-order valence-corrected chi connectivity index (χ3v) is 5.30. The van der Waals surface area contributed by atoms with Crippen LogP contribution < -0.4 is 10.6 Å². The van der Waals surface area contributed by atoms with E-state index >= 15 is 0 Å². The van der Waals surface area contributed by atoms with Crippen molar-refractivity contribution >= 4 is 27.1 Å². The molecular weight excluding hydrogens is 410 g/mol. The summed E-state index contributed by atoms with van der Waals surface area (Å²) in [5.41, 5.74) is 1.01. The van der Waals surface area contributed by atoms with Gasteiger partial charge < -0.3 is 10.6 Å². The monoisotopic (exact) mass is 429 g/mol. The number of hydrogen-bond donors (Lipinski definition) is 2. The number of carbonyl (C=O) groups is 1. The average Bonchev–Trinajstić information content (AvgIpc) is 3.21. The highest BCUT2D eigenvalue weighted by atomic mass is 32.2. The van der Waals surface area contributed by atoms with E-state index in [-0.39, 0.29) is 35.3 Å². The minimum atomic E-state index is -3.56. The normalized spacial score (nSPS) is 11.1. The Hall–Kier alpha value is -3.73. The van der Waals surface area contributed by atoms with Crippen LogP contribution in [-0.4, -0.2) is 48.4 Å². The molecule has 0 bridgehead atoms. The van der Waals surface area contributed by atoms with E-state index in [9.17, 15) is 23.3 Å². The predicted octanol–water partition coefficient (Wildman–Crippen LogP) is 2.03. The molecule has 11 heteroatoms. The lowest BCUT2D eigenvalue weighted by atomic mass is 10.2. The van der Waals surface area contributed by atoms with Crippen molar-refractivity contribution in [3.05, 3.63) is 76.6 Å². The Morgan fingerprint density at radius 2 is 1.90 bits per heavy atom. The van der Waals surface area contributed by atoms with E-state index in [0.29, 0.717) is 5.56 Å². The first-order valence-electron chi connectivity index (χ1n) is 8.86. The summed E-state index contributed by atoms with van der Waals surface area (Å²) in [5, 5.41) is 20.9. The van der Waals surface area contributed by atoms with Crippen LogP contribution in [0.1, 0.15) is 10.4 Å². The van der Waals surface area contributed by atoms with Gasteiger partial charge in [0.15, 0.2) is 9.84 Å². The standard InChI is InChI=1S/C19H19N5O5S/c1-30(28,29)16-7-8-17(18(11-16)24(26)27)20-9-10-21-19(25)14-12-22-23(13-14)15-5-3-2-4-6-15/h2-8,11-13,20H,9-10H2,1H3,(H,21,25). The van der Waals surface area contributed by atoms with Crippen LogP contribution >= 0.6 is 0 Å². The molecule has 0 aliphatic rings. The Bertz CT molecular complexity index is 1180. The molecule has 3 rings (SSSR count). The second-order valence-electron chi connectivity index (χ2n) is 6.40. The van der Waals surface area contributed by atoms with Crippen molar-refractivity contribution in [3.8, 4) is 5.69 Å². The molecule has 156 valence electrons. The van der Waals surface area contributed by atoms with Crippen molar-refractivity contribution in [3.63, 3.8) is 0 Å². The maximum atomic E-state index is 12.3. The summed E-state index contributed by atoms with van der Waals surface area (Å²) in [7, 11) is -3.56. The smallest absolute Gasteiger partial charge is 0.293 e. The lowest BCUT2D eigenvalue weighted by molar-refractivity contribution is -0.384. The number of nitrogens with one attached hydrogen (secondary N) is 2. The van der Waals surface area contributed by atoms with Crippen molar-refractivity contribution in [2.24, 2.45) is 0 Å². The van der Waals surface area contributed by atoms with Gasteiger partial charge in [0.2, 0.25) is 0 Å². The zero-order valence-electron chi connectivity index (χ0n) is 16.0. The number of para-hydroxylation sites is 1. The molecule has 0 unspecified atom stereocenters. The predicted molar refractivity (Wildman–Crippen MR) is 111 cm³/mol. The molecule has 0 fully saturated rings. The number of amides is 1. The molecule has 0 saturated carbocycles. The molecule has 2 N–H and O–H groups in total. The van der Waals surface area contributed by atoms with E-state index < -0.39 is 14.8 Å². The van der Waals surface area contributed by atoms with Crippen LogP contribution in [0.2, 0.25) is 0 Å². The quantitative estimate of drug-likeness (QED) is 0.318. The highest BCUT2D eigenvalue weighted by Gasteiger charge is 2.18. The minimum Gasteiger partial charge on any atom is -0.378 e. The Balaban J connectivity index is 1.58. The summed E-state index contributed by atoms with van der Waals surface area (Å²) in [6, 6.07) is 13.0. The fourth-order valence-corrected chi connectivity index (χ4v) is 3.32. The summed E-state index contributed by atoms with van der Waals surface area (Å²) < 4.78 is 24.8. The van der Waals surface area contributed by atoms with E-state index in [0.717, 1.165) is 18.0 Å². The van der Waals surface area contributed by atoms with E-state index in [1.54, 1.807) is 10.9 Å². The summed E-state index contributed by atoms with van der Waals surface area (Å²) in [5.74, 6) is -0.332. The highest BCUT2D eigenvalue weighted by molar-refractivity contribution is 7.90. The van der Waals surface area contributed by atoms with Gasteiger partial charge in [-0.1, -0.05) is 18.2 Å². The average molecular weight is 429 g/mol. The molecule has 0 aliphatic carbocycles. The van der Waals surface area contributed by atoms with E-state index in [4.69, 9.17) is 0 Å². The number of hydrogen-bond acceptors (Lipinski definition) is 7. The zero-order valence-corrected chi connectivity index (χ0v) is 16.8. The van der Waals surface area contributed by atoms with E-state index in [1.165, 1.54) is 18.3 Å². The first-order valence-corrected chi connectivity index (χ1v) is 10.8. The minimum absolute atomic E-state index is 0.136.